The van der Waals surface area contributed by atoms with Gasteiger partial charge in [0, 0.05) is 12.8 Å². The van der Waals surface area contributed by atoms with Crippen molar-refractivity contribution in [3.8, 4) is 0 Å². The van der Waals surface area contributed by atoms with Gasteiger partial charge in [0.1, 0.15) is 6.54 Å². The Bertz CT molecular complexity index is 721. The smallest absolute Gasteiger partial charge is 0.338 e. The van der Waals surface area contributed by atoms with E-state index < -0.39 is 12.0 Å². The number of methoxy groups -OCH3 is 1. The number of likely N-dealkylation sites (tertiary alicyclic amines) is 1. The molecule has 2 amide bonds. The minimum atomic E-state index is -0.487. The Labute approximate surface area is 148 Å². The second kappa shape index (κ2) is 7.27. The van der Waals surface area contributed by atoms with Gasteiger partial charge in [-0.25, -0.2) is 9.59 Å². The number of carbonyl (C=O) groups is 2. The van der Waals surface area contributed by atoms with Gasteiger partial charge in [-0.2, -0.15) is 0 Å². The van der Waals surface area contributed by atoms with Crippen molar-refractivity contribution < 1.29 is 19.2 Å². The van der Waals surface area contributed by atoms with Gasteiger partial charge < -0.3 is 20.3 Å². The van der Waals surface area contributed by atoms with Crippen molar-refractivity contribution in [3.05, 3.63) is 46.2 Å². The van der Waals surface area contributed by atoms with E-state index in [0.717, 1.165) is 29.8 Å². The zero-order valence-electron chi connectivity index (χ0n) is 15.1. The summed E-state index contributed by atoms with van der Waals surface area (Å²) in [6, 6.07) is 5.27. The van der Waals surface area contributed by atoms with Gasteiger partial charge in [-0.15, -0.1) is 0 Å². The third-order valence-corrected chi connectivity index (χ3v) is 5.03. The van der Waals surface area contributed by atoms with Crippen molar-refractivity contribution in [3.63, 3.8) is 0 Å². The van der Waals surface area contributed by atoms with Gasteiger partial charge in [-0.3, -0.25) is 0 Å². The molecule has 0 aliphatic carbocycles. The number of esters is 1. The second-order valence-electron chi connectivity index (χ2n) is 6.91. The normalized spacial score (nSPS) is 21.1. The van der Waals surface area contributed by atoms with E-state index in [9.17, 15) is 9.59 Å². The quantitative estimate of drug-likeness (QED) is 0.707. The molecule has 134 valence electrons. The molecule has 6 heteroatoms. The molecule has 0 saturated carbocycles. The average Bonchev–Trinajstić information content (AvgIpc) is 3.06. The number of hydrogen-bond acceptors (Lipinski definition) is 3. The molecule has 1 saturated heterocycles. The first kappa shape index (κ1) is 17.5. The lowest BCUT2D eigenvalue weighted by Crippen LogP contribution is -3.10. The van der Waals surface area contributed by atoms with Crippen LogP contribution in [0.4, 0.5) is 4.79 Å². The molecule has 1 fully saturated rings. The van der Waals surface area contributed by atoms with E-state index in [1.807, 2.05) is 26.0 Å². The molecule has 2 aliphatic rings. The Morgan fingerprint density at radius 3 is 2.64 bits per heavy atom. The minimum Gasteiger partial charge on any atom is -0.466 e. The Balaban J connectivity index is 2.04. The van der Waals surface area contributed by atoms with E-state index in [4.69, 9.17) is 4.74 Å². The highest BCUT2D eigenvalue weighted by Crippen LogP contribution is 2.29. The number of hydrogen-bond donors (Lipinski definition) is 3. The predicted octanol–water partition coefficient (Wildman–Crippen LogP) is 0.763. The number of rotatable bonds is 4. The first-order valence-corrected chi connectivity index (χ1v) is 8.79. The summed E-state index contributed by atoms with van der Waals surface area (Å²) in [5, 5.41) is 5.74. The highest BCUT2D eigenvalue weighted by Gasteiger charge is 2.36. The van der Waals surface area contributed by atoms with Crippen LogP contribution in [0, 0.1) is 13.8 Å². The zero-order valence-corrected chi connectivity index (χ0v) is 15.1. The molecule has 3 rings (SSSR count). The molecule has 1 aromatic carbocycles. The predicted molar refractivity (Wildman–Crippen MR) is 94.2 cm³/mol. The summed E-state index contributed by atoms with van der Waals surface area (Å²) in [4.78, 5) is 26.2. The minimum absolute atomic E-state index is 0.272. The van der Waals surface area contributed by atoms with Crippen LogP contribution in [0.25, 0.3) is 0 Å². The van der Waals surface area contributed by atoms with Gasteiger partial charge in [-0.05, 0) is 25.0 Å². The molecule has 25 heavy (non-hydrogen) atoms. The average molecular weight is 344 g/mol. The molecule has 0 unspecified atom stereocenters. The molecule has 1 aromatic rings. The van der Waals surface area contributed by atoms with Crippen molar-refractivity contribution in [2.24, 2.45) is 0 Å². The van der Waals surface area contributed by atoms with Crippen LogP contribution >= 0.6 is 0 Å². The number of nitrogens with one attached hydrogen (secondary N) is 3. The number of quaternary nitrogens is 1. The fraction of sp³-hybridized carbons (Fsp3) is 0.474. The van der Waals surface area contributed by atoms with Crippen LogP contribution in [0.1, 0.15) is 35.6 Å². The first-order chi connectivity index (χ1) is 12.0. The van der Waals surface area contributed by atoms with Crippen LogP contribution in [-0.2, 0) is 9.53 Å². The molecule has 0 bridgehead atoms. The van der Waals surface area contributed by atoms with E-state index in [1.165, 1.54) is 24.9 Å². The van der Waals surface area contributed by atoms with E-state index in [1.54, 1.807) is 0 Å². The zero-order chi connectivity index (χ0) is 18.0. The summed E-state index contributed by atoms with van der Waals surface area (Å²) in [7, 11) is 1.38. The van der Waals surface area contributed by atoms with E-state index in [0.29, 0.717) is 17.8 Å². The third-order valence-electron chi connectivity index (χ3n) is 5.03. The third kappa shape index (κ3) is 3.69. The molecular formula is C19H26N3O3+. The lowest BCUT2D eigenvalue weighted by Gasteiger charge is -2.30. The molecule has 0 aromatic heterocycles. The summed E-state index contributed by atoms with van der Waals surface area (Å²) in [5.74, 6) is -0.397. The largest absolute Gasteiger partial charge is 0.466 e. The van der Waals surface area contributed by atoms with Crippen LogP contribution < -0.4 is 15.5 Å². The summed E-state index contributed by atoms with van der Waals surface area (Å²) in [5.41, 5.74) is 4.30. The van der Waals surface area contributed by atoms with Crippen LogP contribution in [-0.4, -0.2) is 38.7 Å². The maximum atomic E-state index is 12.5. The molecule has 0 spiro atoms. The monoisotopic (exact) mass is 344 g/mol. The molecule has 2 heterocycles. The molecule has 2 aliphatic heterocycles. The summed E-state index contributed by atoms with van der Waals surface area (Å²) in [6.07, 6.45) is 2.37. The van der Waals surface area contributed by atoms with Crippen molar-refractivity contribution >= 4 is 12.0 Å². The van der Waals surface area contributed by atoms with E-state index in [-0.39, 0.29) is 6.03 Å². The first-order valence-electron chi connectivity index (χ1n) is 8.79. The van der Waals surface area contributed by atoms with Crippen LogP contribution in [0.15, 0.2) is 29.5 Å². The Kier molecular flexibility index (Phi) is 5.08. The molecule has 3 N–H and O–H groups in total. The summed E-state index contributed by atoms with van der Waals surface area (Å²) >= 11 is 0. The Hall–Kier alpha value is -2.34. The number of ether oxygens (including phenoxy) is 1. The molecule has 1 atom stereocenters. The Morgan fingerprint density at radius 2 is 2.00 bits per heavy atom. The van der Waals surface area contributed by atoms with Gasteiger partial charge in [-0.1, -0.05) is 23.8 Å². The molecule has 6 nitrogen and oxygen atoms in total. The van der Waals surface area contributed by atoms with Gasteiger partial charge in [0.2, 0.25) is 0 Å². The van der Waals surface area contributed by atoms with Crippen molar-refractivity contribution in [1.29, 1.82) is 0 Å². The Morgan fingerprint density at radius 1 is 1.28 bits per heavy atom. The SMILES string of the molecule is COC(=O)C1=C(C[NH+]2CCCC2)NC(=O)N[C@@H]1c1ccc(C)cc1C. The van der Waals surface area contributed by atoms with E-state index >= 15 is 0 Å². The van der Waals surface area contributed by atoms with Crippen LogP contribution in [0.3, 0.4) is 0 Å². The lowest BCUT2D eigenvalue weighted by atomic mass is 9.91. The maximum absolute atomic E-state index is 12.5. The topological polar surface area (TPSA) is 71.9 Å². The molecule has 0 radical (unpaired) electrons. The van der Waals surface area contributed by atoms with Crippen LogP contribution in [0.2, 0.25) is 0 Å². The highest BCUT2D eigenvalue weighted by molar-refractivity contribution is 5.95. The van der Waals surface area contributed by atoms with Gasteiger partial charge in [0.25, 0.3) is 0 Å². The van der Waals surface area contributed by atoms with Crippen molar-refractivity contribution in [2.75, 3.05) is 26.7 Å². The number of carbonyl (C=O) groups excluding carboxylic acids is 2. The van der Waals surface area contributed by atoms with E-state index in [2.05, 4.69) is 16.7 Å². The van der Waals surface area contributed by atoms with Gasteiger partial charge >= 0.3 is 12.0 Å². The fourth-order valence-electron chi connectivity index (χ4n) is 3.79. The van der Waals surface area contributed by atoms with Gasteiger partial charge in [0.05, 0.1) is 37.5 Å². The number of aryl methyl sites for hydroxylation is 2. The fourth-order valence-corrected chi connectivity index (χ4v) is 3.79. The lowest BCUT2D eigenvalue weighted by molar-refractivity contribution is -0.882. The van der Waals surface area contributed by atoms with Crippen molar-refractivity contribution in [1.82, 2.24) is 10.6 Å². The maximum Gasteiger partial charge on any atom is 0.338 e. The second-order valence-corrected chi connectivity index (χ2v) is 6.91. The summed E-state index contributed by atoms with van der Waals surface area (Å²) in [6.45, 7) is 6.79. The number of benzene rings is 1. The summed E-state index contributed by atoms with van der Waals surface area (Å²) < 4.78 is 5.04. The standard InChI is InChI=1S/C19H25N3O3/c1-12-6-7-14(13(2)10-12)17-16(18(23)25-3)15(20-19(24)21-17)11-22-8-4-5-9-22/h6-7,10,17H,4-5,8-9,11H2,1-3H3,(H2,20,21,24)/p+1/t17-/m1/s1. The molecular weight excluding hydrogens is 318 g/mol. The van der Waals surface area contributed by atoms with Crippen molar-refractivity contribution in [2.45, 2.75) is 32.7 Å². The number of urea groups is 1. The number of amides is 2. The van der Waals surface area contributed by atoms with Gasteiger partial charge in [0.15, 0.2) is 0 Å². The van der Waals surface area contributed by atoms with Crippen LogP contribution in [0.5, 0.6) is 0 Å². The highest BCUT2D eigenvalue weighted by atomic mass is 16.5.